The third-order valence-electron chi connectivity index (χ3n) is 3.14. The van der Waals surface area contributed by atoms with Crippen LogP contribution in [0.4, 0.5) is 0 Å². The maximum Gasteiger partial charge on any atom is 0.244 e. The molecule has 0 aliphatic heterocycles. The Balaban J connectivity index is 1.94. The molecule has 0 unspecified atom stereocenters. The standard InChI is InChI=1S/C16H18ClNO5S/c1-21-13-4-6-14(7-5-13)23-10-9-18-24(19,20)16-11-12(17)3-8-15(16)22-2/h3-8,11,18H,9-10H2,1-2H3. The van der Waals surface area contributed by atoms with Gasteiger partial charge in [0.2, 0.25) is 10.0 Å². The Kier molecular flexibility index (Phi) is 6.30. The van der Waals surface area contributed by atoms with Crippen molar-refractivity contribution in [2.24, 2.45) is 0 Å². The van der Waals surface area contributed by atoms with Crippen LogP contribution in [0.1, 0.15) is 0 Å². The number of rotatable bonds is 8. The van der Waals surface area contributed by atoms with E-state index >= 15 is 0 Å². The lowest BCUT2D eigenvalue weighted by molar-refractivity contribution is 0.321. The highest BCUT2D eigenvalue weighted by molar-refractivity contribution is 7.89. The van der Waals surface area contributed by atoms with Crippen LogP contribution in [0.2, 0.25) is 5.02 Å². The van der Waals surface area contributed by atoms with Crippen molar-refractivity contribution in [3.8, 4) is 17.2 Å². The lowest BCUT2D eigenvalue weighted by Gasteiger charge is -2.12. The van der Waals surface area contributed by atoms with E-state index in [-0.39, 0.29) is 23.8 Å². The number of halogens is 1. The first-order valence-corrected chi connectivity index (χ1v) is 8.92. The Bertz CT molecular complexity index is 778. The van der Waals surface area contributed by atoms with Crippen molar-refractivity contribution >= 4 is 21.6 Å². The van der Waals surface area contributed by atoms with Gasteiger partial charge in [-0.1, -0.05) is 11.6 Å². The van der Waals surface area contributed by atoms with Gasteiger partial charge in [0.1, 0.15) is 28.8 Å². The van der Waals surface area contributed by atoms with Crippen molar-refractivity contribution < 1.29 is 22.6 Å². The van der Waals surface area contributed by atoms with Crippen molar-refractivity contribution in [3.63, 3.8) is 0 Å². The molecule has 0 radical (unpaired) electrons. The Morgan fingerprint density at radius 2 is 1.67 bits per heavy atom. The van der Waals surface area contributed by atoms with E-state index in [1.807, 2.05) is 0 Å². The zero-order valence-corrected chi connectivity index (χ0v) is 14.9. The fourth-order valence-corrected chi connectivity index (χ4v) is 3.40. The van der Waals surface area contributed by atoms with Crippen LogP contribution >= 0.6 is 11.6 Å². The molecule has 0 aromatic heterocycles. The normalized spacial score (nSPS) is 11.1. The number of hydrogen-bond donors (Lipinski definition) is 1. The summed E-state index contributed by atoms with van der Waals surface area (Å²) in [5.41, 5.74) is 0. The van der Waals surface area contributed by atoms with Crippen molar-refractivity contribution in [2.45, 2.75) is 4.90 Å². The SMILES string of the molecule is COc1ccc(OCCNS(=O)(=O)c2cc(Cl)ccc2OC)cc1. The minimum absolute atomic E-state index is 0.0121. The molecule has 0 amide bonds. The van der Waals surface area contributed by atoms with Crippen molar-refractivity contribution in [3.05, 3.63) is 47.5 Å². The lowest BCUT2D eigenvalue weighted by atomic mass is 10.3. The molecule has 8 heteroatoms. The van der Waals surface area contributed by atoms with Crippen molar-refractivity contribution in [2.75, 3.05) is 27.4 Å². The van der Waals surface area contributed by atoms with Gasteiger partial charge in [0, 0.05) is 11.6 Å². The minimum Gasteiger partial charge on any atom is -0.497 e. The van der Waals surface area contributed by atoms with Crippen LogP contribution in [0.5, 0.6) is 17.2 Å². The maximum absolute atomic E-state index is 12.3. The Morgan fingerprint density at radius 3 is 2.29 bits per heavy atom. The molecule has 0 aliphatic carbocycles. The van der Waals surface area contributed by atoms with E-state index in [2.05, 4.69) is 4.72 Å². The molecule has 0 heterocycles. The highest BCUT2D eigenvalue weighted by Crippen LogP contribution is 2.26. The summed E-state index contributed by atoms with van der Waals surface area (Å²) in [6.45, 7) is 0.276. The first kappa shape index (κ1) is 18.4. The van der Waals surface area contributed by atoms with E-state index < -0.39 is 10.0 Å². The number of benzene rings is 2. The van der Waals surface area contributed by atoms with Gasteiger partial charge in [0.05, 0.1) is 14.2 Å². The quantitative estimate of drug-likeness (QED) is 0.722. The smallest absolute Gasteiger partial charge is 0.244 e. The van der Waals surface area contributed by atoms with Gasteiger partial charge < -0.3 is 14.2 Å². The summed E-state index contributed by atoms with van der Waals surface area (Å²) >= 11 is 5.86. The molecular formula is C16H18ClNO5S. The molecule has 24 heavy (non-hydrogen) atoms. The maximum atomic E-state index is 12.3. The topological polar surface area (TPSA) is 73.9 Å². The largest absolute Gasteiger partial charge is 0.497 e. The van der Waals surface area contributed by atoms with E-state index in [1.54, 1.807) is 37.4 Å². The molecule has 2 aromatic carbocycles. The van der Waals surface area contributed by atoms with E-state index in [4.69, 9.17) is 25.8 Å². The molecule has 6 nitrogen and oxygen atoms in total. The molecule has 130 valence electrons. The molecule has 1 N–H and O–H groups in total. The monoisotopic (exact) mass is 371 g/mol. The Labute approximate surface area is 146 Å². The van der Waals surface area contributed by atoms with Gasteiger partial charge >= 0.3 is 0 Å². The summed E-state index contributed by atoms with van der Waals surface area (Å²) in [6, 6.07) is 11.4. The van der Waals surface area contributed by atoms with E-state index in [9.17, 15) is 8.42 Å². The number of hydrogen-bond acceptors (Lipinski definition) is 5. The van der Waals surface area contributed by atoms with E-state index in [0.29, 0.717) is 10.8 Å². The second-order valence-corrected chi connectivity index (χ2v) is 6.89. The van der Waals surface area contributed by atoms with Crippen LogP contribution in [0.15, 0.2) is 47.4 Å². The molecule has 2 rings (SSSR count). The zero-order chi connectivity index (χ0) is 17.6. The van der Waals surface area contributed by atoms with Crippen molar-refractivity contribution in [1.29, 1.82) is 0 Å². The number of nitrogens with one attached hydrogen (secondary N) is 1. The van der Waals surface area contributed by atoms with Crippen LogP contribution in [-0.4, -0.2) is 35.8 Å². The molecule has 2 aromatic rings. The van der Waals surface area contributed by atoms with Crippen LogP contribution < -0.4 is 18.9 Å². The van der Waals surface area contributed by atoms with Gasteiger partial charge in [0.25, 0.3) is 0 Å². The first-order valence-electron chi connectivity index (χ1n) is 7.06. The fourth-order valence-electron chi connectivity index (χ4n) is 1.96. The summed E-state index contributed by atoms with van der Waals surface area (Å²) in [5.74, 6) is 1.56. The van der Waals surface area contributed by atoms with Gasteiger partial charge in [0.15, 0.2) is 0 Å². The third kappa shape index (κ3) is 4.77. The summed E-state index contributed by atoms with van der Waals surface area (Å²) in [5, 5.41) is 0.311. The van der Waals surface area contributed by atoms with Crippen LogP contribution in [0.25, 0.3) is 0 Å². The molecule has 0 saturated carbocycles. The minimum atomic E-state index is -3.75. The van der Waals surface area contributed by atoms with Crippen LogP contribution in [0.3, 0.4) is 0 Å². The summed E-state index contributed by atoms with van der Waals surface area (Å²) in [4.78, 5) is -0.0121. The van der Waals surface area contributed by atoms with Gasteiger partial charge in [-0.3, -0.25) is 0 Å². The predicted octanol–water partition coefficient (Wildman–Crippen LogP) is 2.71. The molecule has 0 aliphatic rings. The highest BCUT2D eigenvalue weighted by atomic mass is 35.5. The summed E-state index contributed by atoms with van der Waals surface area (Å²) < 4.78 is 42.7. The molecule has 0 fully saturated rings. The van der Waals surface area contributed by atoms with Crippen LogP contribution in [0, 0.1) is 0 Å². The lowest BCUT2D eigenvalue weighted by Crippen LogP contribution is -2.28. The number of sulfonamides is 1. The second-order valence-electron chi connectivity index (χ2n) is 4.72. The highest BCUT2D eigenvalue weighted by Gasteiger charge is 2.19. The van der Waals surface area contributed by atoms with Gasteiger partial charge in [-0.2, -0.15) is 0 Å². The van der Waals surface area contributed by atoms with E-state index in [0.717, 1.165) is 5.75 Å². The fraction of sp³-hybridized carbons (Fsp3) is 0.250. The number of ether oxygens (including phenoxy) is 3. The molecular weight excluding hydrogens is 354 g/mol. The molecule has 0 saturated heterocycles. The summed E-state index contributed by atoms with van der Waals surface area (Å²) in [7, 11) is -0.774. The summed E-state index contributed by atoms with van der Waals surface area (Å²) in [6.07, 6.45) is 0. The molecule has 0 spiro atoms. The second kappa shape index (κ2) is 8.23. The average Bonchev–Trinajstić information content (AvgIpc) is 2.59. The van der Waals surface area contributed by atoms with Gasteiger partial charge in [-0.25, -0.2) is 13.1 Å². The zero-order valence-electron chi connectivity index (χ0n) is 13.3. The Morgan fingerprint density at radius 1 is 1.00 bits per heavy atom. The van der Waals surface area contributed by atoms with Gasteiger partial charge in [-0.15, -0.1) is 0 Å². The predicted molar refractivity (Wildman–Crippen MR) is 91.7 cm³/mol. The first-order chi connectivity index (χ1) is 11.5. The van der Waals surface area contributed by atoms with Crippen LogP contribution in [-0.2, 0) is 10.0 Å². The Hall–Kier alpha value is -1.96. The third-order valence-corrected chi connectivity index (χ3v) is 4.85. The van der Waals surface area contributed by atoms with E-state index in [1.165, 1.54) is 19.2 Å². The van der Waals surface area contributed by atoms with Gasteiger partial charge in [-0.05, 0) is 42.5 Å². The van der Waals surface area contributed by atoms with Crippen molar-refractivity contribution in [1.82, 2.24) is 4.72 Å². The number of methoxy groups -OCH3 is 2. The molecule has 0 bridgehead atoms. The average molecular weight is 372 g/mol. The molecule has 0 atom stereocenters.